The van der Waals surface area contributed by atoms with Gasteiger partial charge in [0, 0.05) is 19.3 Å². The Labute approximate surface area is 409 Å². The Morgan fingerprint density at radius 3 is 0.909 bits per heavy atom. The highest BCUT2D eigenvalue weighted by Crippen LogP contribution is 2.17. The summed E-state index contributed by atoms with van der Waals surface area (Å²) in [7, 11) is 0. The van der Waals surface area contributed by atoms with Crippen molar-refractivity contribution in [3.05, 3.63) is 60.8 Å². The van der Waals surface area contributed by atoms with Gasteiger partial charge in [-0.1, -0.05) is 268 Å². The van der Waals surface area contributed by atoms with Crippen molar-refractivity contribution in [1.29, 1.82) is 0 Å². The predicted molar refractivity (Wildman–Crippen MR) is 284 cm³/mol. The minimum Gasteiger partial charge on any atom is -0.462 e. The molecule has 0 aromatic heterocycles. The molecule has 382 valence electrons. The van der Waals surface area contributed by atoms with Crippen molar-refractivity contribution < 1.29 is 28.6 Å². The molecule has 0 fully saturated rings. The van der Waals surface area contributed by atoms with Gasteiger partial charge in [-0.05, 0) is 57.8 Å². The summed E-state index contributed by atoms with van der Waals surface area (Å²) in [6.07, 6.45) is 68.4. The Morgan fingerprint density at radius 1 is 0.318 bits per heavy atom. The Balaban J connectivity index is 4.14. The van der Waals surface area contributed by atoms with Gasteiger partial charge >= 0.3 is 17.9 Å². The van der Waals surface area contributed by atoms with E-state index in [1.807, 2.05) is 0 Å². The summed E-state index contributed by atoms with van der Waals surface area (Å²) in [4.78, 5) is 37.8. The van der Waals surface area contributed by atoms with Crippen LogP contribution in [0, 0.1) is 0 Å². The molecule has 0 amide bonds. The van der Waals surface area contributed by atoms with Crippen molar-refractivity contribution in [2.45, 2.75) is 290 Å². The minimum atomic E-state index is -0.798. The van der Waals surface area contributed by atoms with Gasteiger partial charge in [0.15, 0.2) is 6.10 Å². The molecule has 0 aliphatic carbocycles. The molecule has 6 heteroatoms. The van der Waals surface area contributed by atoms with Gasteiger partial charge in [-0.25, -0.2) is 0 Å². The van der Waals surface area contributed by atoms with Crippen LogP contribution in [0.5, 0.6) is 0 Å². The molecule has 0 bridgehead atoms. The van der Waals surface area contributed by atoms with Crippen LogP contribution >= 0.6 is 0 Å². The second-order valence-electron chi connectivity index (χ2n) is 18.8. The molecule has 0 aromatic rings. The van der Waals surface area contributed by atoms with E-state index in [1.54, 1.807) is 0 Å². The maximum Gasteiger partial charge on any atom is 0.306 e. The van der Waals surface area contributed by atoms with Crippen LogP contribution in [-0.2, 0) is 28.6 Å². The normalized spacial score (nSPS) is 12.5. The highest BCUT2D eigenvalue weighted by atomic mass is 16.6. The first-order valence-corrected chi connectivity index (χ1v) is 28.3. The SMILES string of the molecule is CC/C=C\C/C=C\C/C=C\C/C=C\C/C=C\CCCC(=O)OC(COC(=O)CCCCCCCC)COC(=O)CCCCCCCCCCCCCCCCCCCCCCCCCCC. The van der Waals surface area contributed by atoms with Crippen LogP contribution in [0.1, 0.15) is 284 Å². The second kappa shape index (κ2) is 54.7. The summed E-state index contributed by atoms with van der Waals surface area (Å²) < 4.78 is 16.7. The molecule has 0 saturated carbocycles. The molecule has 66 heavy (non-hydrogen) atoms. The van der Waals surface area contributed by atoms with Crippen molar-refractivity contribution in [3.8, 4) is 0 Å². The molecule has 0 N–H and O–H groups in total. The Kier molecular flexibility index (Phi) is 52.3. The molecule has 0 aliphatic heterocycles. The predicted octanol–water partition coefficient (Wildman–Crippen LogP) is 18.8. The average molecular weight is 924 g/mol. The average Bonchev–Trinajstić information content (AvgIpc) is 3.31. The van der Waals surface area contributed by atoms with Crippen LogP contribution in [-0.4, -0.2) is 37.2 Å². The highest BCUT2D eigenvalue weighted by Gasteiger charge is 2.19. The number of esters is 3. The quantitative estimate of drug-likeness (QED) is 0.0262. The molecule has 6 nitrogen and oxygen atoms in total. The van der Waals surface area contributed by atoms with Crippen molar-refractivity contribution in [3.63, 3.8) is 0 Å². The maximum absolute atomic E-state index is 12.7. The molecular formula is C60H106O6. The van der Waals surface area contributed by atoms with Crippen molar-refractivity contribution in [2.75, 3.05) is 13.2 Å². The van der Waals surface area contributed by atoms with Crippen LogP contribution in [0.15, 0.2) is 60.8 Å². The zero-order chi connectivity index (χ0) is 47.9. The molecule has 1 unspecified atom stereocenters. The van der Waals surface area contributed by atoms with Gasteiger partial charge in [0.1, 0.15) is 13.2 Å². The molecule has 1 atom stereocenters. The van der Waals surface area contributed by atoms with Crippen molar-refractivity contribution in [2.24, 2.45) is 0 Å². The zero-order valence-electron chi connectivity index (χ0n) is 43.7. The number of ether oxygens (including phenoxy) is 3. The smallest absolute Gasteiger partial charge is 0.306 e. The summed E-state index contributed by atoms with van der Waals surface area (Å²) in [5.74, 6) is -0.954. The lowest BCUT2D eigenvalue weighted by Gasteiger charge is -2.18. The third-order valence-electron chi connectivity index (χ3n) is 12.3. The third-order valence-corrected chi connectivity index (χ3v) is 12.3. The van der Waals surface area contributed by atoms with E-state index in [1.165, 1.54) is 161 Å². The first-order chi connectivity index (χ1) is 32.5. The number of carbonyl (C=O) groups is 3. The molecule has 0 radical (unpaired) electrons. The van der Waals surface area contributed by atoms with Gasteiger partial charge in [-0.15, -0.1) is 0 Å². The van der Waals surface area contributed by atoms with Gasteiger partial charge in [-0.2, -0.15) is 0 Å². The fraction of sp³-hybridized carbons (Fsp3) is 0.783. The topological polar surface area (TPSA) is 78.9 Å². The summed E-state index contributed by atoms with van der Waals surface area (Å²) in [6, 6.07) is 0. The minimum absolute atomic E-state index is 0.0942. The number of rotatable bonds is 51. The van der Waals surface area contributed by atoms with Crippen LogP contribution in [0.4, 0.5) is 0 Å². The summed E-state index contributed by atoms with van der Waals surface area (Å²) >= 11 is 0. The van der Waals surface area contributed by atoms with Gasteiger partial charge in [0.2, 0.25) is 0 Å². The number of unbranched alkanes of at least 4 members (excludes halogenated alkanes) is 30. The van der Waals surface area contributed by atoms with E-state index in [-0.39, 0.29) is 37.5 Å². The van der Waals surface area contributed by atoms with Crippen LogP contribution in [0.2, 0.25) is 0 Å². The van der Waals surface area contributed by atoms with Gasteiger partial charge in [-0.3, -0.25) is 14.4 Å². The van der Waals surface area contributed by atoms with Gasteiger partial charge < -0.3 is 14.2 Å². The van der Waals surface area contributed by atoms with E-state index >= 15 is 0 Å². The van der Waals surface area contributed by atoms with Crippen LogP contribution in [0.25, 0.3) is 0 Å². The Hall–Kier alpha value is -2.89. The van der Waals surface area contributed by atoms with E-state index < -0.39 is 6.10 Å². The monoisotopic (exact) mass is 923 g/mol. The summed E-state index contributed by atoms with van der Waals surface area (Å²) in [6.45, 7) is 6.44. The van der Waals surface area contributed by atoms with E-state index in [9.17, 15) is 14.4 Å². The van der Waals surface area contributed by atoms with Crippen molar-refractivity contribution >= 4 is 17.9 Å². The van der Waals surface area contributed by atoms with E-state index in [4.69, 9.17) is 14.2 Å². The first-order valence-electron chi connectivity index (χ1n) is 28.3. The fourth-order valence-electron chi connectivity index (χ4n) is 8.07. The number of hydrogen-bond acceptors (Lipinski definition) is 6. The lowest BCUT2D eigenvalue weighted by Crippen LogP contribution is -2.30. The highest BCUT2D eigenvalue weighted by molar-refractivity contribution is 5.71. The maximum atomic E-state index is 12.7. The molecular weight excluding hydrogens is 817 g/mol. The zero-order valence-corrected chi connectivity index (χ0v) is 43.7. The molecule has 0 aromatic carbocycles. The first kappa shape index (κ1) is 63.1. The lowest BCUT2D eigenvalue weighted by atomic mass is 10.0. The number of carbonyl (C=O) groups excluding carboxylic acids is 3. The van der Waals surface area contributed by atoms with Gasteiger partial charge in [0.05, 0.1) is 0 Å². The standard InChI is InChI=1S/C60H106O6/c1-4-7-10-13-16-18-20-22-24-26-27-28-29-30-31-32-33-35-36-38-40-42-44-47-50-53-59(62)65-56-57(55-64-58(61)52-49-46-15-12-9-6-3)66-60(63)54-51-48-45-43-41-39-37-34-25-23-21-19-17-14-11-8-5-2/h8,11,17,19,23,25,37,39,43,45,57H,4-7,9-10,12-16,18,20-22,24,26-36,38,40-42,44,46-56H2,1-3H3/b11-8-,19-17-,25-23-,39-37-,45-43-. The largest absolute Gasteiger partial charge is 0.462 e. The van der Waals surface area contributed by atoms with E-state index in [0.29, 0.717) is 19.3 Å². The molecule has 0 saturated heterocycles. The fourth-order valence-corrected chi connectivity index (χ4v) is 8.07. The number of hydrogen-bond donors (Lipinski definition) is 0. The summed E-state index contributed by atoms with van der Waals surface area (Å²) in [5, 5.41) is 0. The summed E-state index contributed by atoms with van der Waals surface area (Å²) in [5.41, 5.74) is 0. The second-order valence-corrected chi connectivity index (χ2v) is 18.8. The molecule has 0 spiro atoms. The Bertz CT molecular complexity index is 1200. The third kappa shape index (κ3) is 52.1. The van der Waals surface area contributed by atoms with Crippen LogP contribution in [0.3, 0.4) is 0 Å². The van der Waals surface area contributed by atoms with E-state index in [0.717, 1.165) is 77.0 Å². The Morgan fingerprint density at radius 2 is 0.591 bits per heavy atom. The molecule has 0 aliphatic rings. The molecule has 0 heterocycles. The van der Waals surface area contributed by atoms with E-state index in [2.05, 4.69) is 81.5 Å². The van der Waals surface area contributed by atoms with Gasteiger partial charge in [0.25, 0.3) is 0 Å². The van der Waals surface area contributed by atoms with Crippen LogP contribution < -0.4 is 0 Å². The molecule has 0 rings (SSSR count). The van der Waals surface area contributed by atoms with Crippen molar-refractivity contribution in [1.82, 2.24) is 0 Å². The number of allylic oxidation sites excluding steroid dienone is 10. The lowest BCUT2D eigenvalue weighted by molar-refractivity contribution is -0.167.